The van der Waals surface area contributed by atoms with Gasteiger partial charge < -0.3 is 15.8 Å². The van der Waals surface area contributed by atoms with Gasteiger partial charge in [-0.1, -0.05) is 12.1 Å². The molecule has 2 atom stereocenters. The second-order valence-corrected chi connectivity index (χ2v) is 4.15. The molecular weight excluding hydrogens is 188 g/mol. The maximum absolute atomic E-state index is 5.94. The fourth-order valence-electron chi connectivity index (χ4n) is 1.99. The molecule has 3 nitrogen and oxygen atoms in total. The van der Waals surface area contributed by atoms with Crippen LogP contribution in [-0.2, 0) is 4.74 Å². The van der Waals surface area contributed by atoms with Crippen molar-refractivity contribution in [1.82, 2.24) is 0 Å². The first-order valence-electron chi connectivity index (χ1n) is 5.41. The van der Waals surface area contributed by atoms with Gasteiger partial charge in [0.05, 0.1) is 23.5 Å². The van der Waals surface area contributed by atoms with Crippen LogP contribution in [0.2, 0.25) is 0 Å². The molecule has 0 bridgehead atoms. The van der Waals surface area contributed by atoms with Crippen LogP contribution in [0.15, 0.2) is 18.2 Å². The predicted octanol–water partition coefficient (Wildman–Crippen LogP) is 2.17. The van der Waals surface area contributed by atoms with Crippen LogP contribution in [0.5, 0.6) is 0 Å². The number of benzene rings is 1. The zero-order valence-electron chi connectivity index (χ0n) is 9.29. The number of hydrogen-bond acceptors (Lipinski definition) is 3. The van der Waals surface area contributed by atoms with Gasteiger partial charge in [-0.15, -0.1) is 0 Å². The molecule has 3 N–H and O–H groups in total. The third-order valence-electron chi connectivity index (χ3n) is 3.01. The van der Waals surface area contributed by atoms with Crippen molar-refractivity contribution < 1.29 is 4.74 Å². The molecule has 2 unspecified atom stereocenters. The Balaban J connectivity index is 2.16. The molecule has 0 radical (unpaired) electrons. The average Bonchev–Trinajstić information content (AvgIpc) is 2.58. The molecule has 1 heterocycles. The van der Waals surface area contributed by atoms with Crippen molar-refractivity contribution in [3.8, 4) is 0 Å². The minimum atomic E-state index is 0.268. The monoisotopic (exact) mass is 206 g/mol. The van der Waals surface area contributed by atoms with Crippen LogP contribution in [0.4, 0.5) is 11.4 Å². The van der Waals surface area contributed by atoms with Gasteiger partial charge in [-0.05, 0) is 31.9 Å². The van der Waals surface area contributed by atoms with E-state index in [0.717, 1.165) is 24.4 Å². The molecule has 3 heteroatoms. The molecule has 0 amide bonds. The second-order valence-electron chi connectivity index (χ2n) is 4.15. The number of aryl methyl sites for hydroxylation is 1. The molecule has 2 rings (SSSR count). The minimum Gasteiger partial charge on any atom is -0.397 e. The van der Waals surface area contributed by atoms with Crippen molar-refractivity contribution in [3.05, 3.63) is 23.8 Å². The maximum atomic E-state index is 5.94. The maximum Gasteiger partial charge on any atom is 0.0748 e. The standard InChI is InChI=1S/C12H18N2O/c1-8-4-3-5-10(13)12(8)14-11-6-7-15-9(11)2/h3-5,9,11,14H,6-7,13H2,1-2H3. The lowest BCUT2D eigenvalue weighted by molar-refractivity contribution is 0.121. The van der Waals surface area contributed by atoms with Gasteiger partial charge in [0.2, 0.25) is 0 Å². The van der Waals surface area contributed by atoms with Crippen LogP contribution in [0, 0.1) is 6.92 Å². The van der Waals surface area contributed by atoms with Crippen LogP contribution >= 0.6 is 0 Å². The highest BCUT2D eigenvalue weighted by molar-refractivity contribution is 5.70. The number of hydrogen-bond donors (Lipinski definition) is 2. The topological polar surface area (TPSA) is 47.3 Å². The van der Waals surface area contributed by atoms with E-state index in [2.05, 4.69) is 25.2 Å². The summed E-state index contributed by atoms with van der Waals surface area (Å²) in [4.78, 5) is 0. The van der Waals surface area contributed by atoms with Gasteiger partial charge in [0.15, 0.2) is 0 Å². The summed E-state index contributed by atoms with van der Waals surface area (Å²) in [6.45, 7) is 5.00. The quantitative estimate of drug-likeness (QED) is 0.729. The van der Waals surface area contributed by atoms with Crippen LogP contribution in [0.1, 0.15) is 18.9 Å². The van der Waals surface area contributed by atoms with Gasteiger partial charge in [-0.3, -0.25) is 0 Å². The molecular formula is C12H18N2O. The summed E-state index contributed by atoms with van der Waals surface area (Å²) in [5, 5.41) is 3.48. The Hall–Kier alpha value is -1.22. The van der Waals surface area contributed by atoms with Crippen LogP contribution in [-0.4, -0.2) is 18.8 Å². The zero-order chi connectivity index (χ0) is 10.8. The first-order valence-corrected chi connectivity index (χ1v) is 5.41. The van der Waals surface area contributed by atoms with E-state index in [1.807, 2.05) is 12.1 Å². The van der Waals surface area contributed by atoms with E-state index in [1.54, 1.807) is 0 Å². The lowest BCUT2D eigenvalue weighted by Gasteiger charge is -2.20. The zero-order valence-corrected chi connectivity index (χ0v) is 9.29. The Morgan fingerprint density at radius 3 is 2.87 bits per heavy atom. The van der Waals surface area contributed by atoms with Gasteiger partial charge in [0.1, 0.15) is 0 Å². The number of anilines is 2. The molecule has 1 aliphatic rings. The normalized spacial score (nSPS) is 25.5. The van der Waals surface area contributed by atoms with Crippen LogP contribution < -0.4 is 11.1 Å². The van der Waals surface area contributed by atoms with Crippen molar-refractivity contribution in [1.29, 1.82) is 0 Å². The van der Waals surface area contributed by atoms with Gasteiger partial charge >= 0.3 is 0 Å². The van der Waals surface area contributed by atoms with Crippen molar-refractivity contribution in [2.24, 2.45) is 0 Å². The van der Waals surface area contributed by atoms with Crippen molar-refractivity contribution in [2.45, 2.75) is 32.4 Å². The fourth-order valence-corrected chi connectivity index (χ4v) is 1.99. The Morgan fingerprint density at radius 2 is 2.27 bits per heavy atom. The molecule has 15 heavy (non-hydrogen) atoms. The molecule has 0 spiro atoms. The van der Waals surface area contributed by atoms with E-state index in [0.29, 0.717) is 6.04 Å². The second kappa shape index (κ2) is 4.11. The van der Waals surface area contributed by atoms with Gasteiger partial charge in [0, 0.05) is 6.61 Å². The summed E-state index contributed by atoms with van der Waals surface area (Å²) >= 11 is 0. The minimum absolute atomic E-state index is 0.268. The highest BCUT2D eigenvalue weighted by atomic mass is 16.5. The molecule has 0 aromatic heterocycles. The third kappa shape index (κ3) is 2.07. The highest BCUT2D eigenvalue weighted by Crippen LogP contribution is 2.26. The summed E-state index contributed by atoms with van der Waals surface area (Å²) in [7, 11) is 0. The van der Waals surface area contributed by atoms with Crippen molar-refractivity contribution in [3.63, 3.8) is 0 Å². The van der Waals surface area contributed by atoms with E-state index in [9.17, 15) is 0 Å². The third-order valence-corrected chi connectivity index (χ3v) is 3.01. The Morgan fingerprint density at radius 1 is 1.47 bits per heavy atom. The Bertz CT molecular complexity index is 331. The lowest BCUT2D eigenvalue weighted by Crippen LogP contribution is -2.27. The van der Waals surface area contributed by atoms with Crippen LogP contribution in [0.3, 0.4) is 0 Å². The van der Waals surface area contributed by atoms with Gasteiger partial charge in [-0.2, -0.15) is 0 Å². The van der Waals surface area contributed by atoms with E-state index < -0.39 is 0 Å². The largest absolute Gasteiger partial charge is 0.397 e. The smallest absolute Gasteiger partial charge is 0.0748 e. The van der Waals surface area contributed by atoms with Gasteiger partial charge in [-0.25, -0.2) is 0 Å². The van der Waals surface area contributed by atoms with Crippen LogP contribution in [0.25, 0.3) is 0 Å². The lowest BCUT2D eigenvalue weighted by atomic mass is 10.1. The Labute approximate surface area is 90.6 Å². The summed E-state index contributed by atoms with van der Waals surface area (Å²) in [6, 6.07) is 6.35. The van der Waals surface area contributed by atoms with Crippen molar-refractivity contribution >= 4 is 11.4 Å². The number of ether oxygens (including phenoxy) is 1. The Kier molecular flexibility index (Phi) is 2.82. The number of para-hydroxylation sites is 1. The molecule has 82 valence electrons. The molecule has 1 fully saturated rings. The van der Waals surface area contributed by atoms with Crippen molar-refractivity contribution in [2.75, 3.05) is 17.7 Å². The van der Waals surface area contributed by atoms with E-state index in [-0.39, 0.29) is 6.10 Å². The molecule has 1 aliphatic heterocycles. The first-order chi connectivity index (χ1) is 7.18. The molecule has 0 saturated carbocycles. The number of rotatable bonds is 2. The van der Waals surface area contributed by atoms with E-state index in [4.69, 9.17) is 10.5 Å². The average molecular weight is 206 g/mol. The molecule has 1 saturated heterocycles. The summed E-state index contributed by atoms with van der Waals surface area (Å²) in [5.74, 6) is 0. The van der Waals surface area contributed by atoms with E-state index in [1.165, 1.54) is 5.56 Å². The summed E-state index contributed by atoms with van der Waals surface area (Å²) in [6.07, 6.45) is 1.32. The fraction of sp³-hybridized carbons (Fsp3) is 0.500. The number of nitrogen functional groups attached to an aromatic ring is 1. The first kappa shape index (κ1) is 10.3. The summed E-state index contributed by atoms with van der Waals surface area (Å²) in [5.41, 5.74) is 9.00. The predicted molar refractivity (Wildman–Crippen MR) is 63.0 cm³/mol. The van der Waals surface area contributed by atoms with E-state index >= 15 is 0 Å². The molecule has 1 aromatic rings. The molecule has 1 aromatic carbocycles. The van der Waals surface area contributed by atoms with Gasteiger partial charge in [0.25, 0.3) is 0 Å². The number of nitrogens with one attached hydrogen (secondary N) is 1. The highest BCUT2D eigenvalue weighted by Gasteiger charge is 2.24. The molecule has 0 aliphatic carbocycles. The summed E-state index contributed by atoms with van der Waals surface area (Å²) < 4.78 is 5.51. The SMILES string of the molecule is Cc1cccc(N)c1NC1CCOC1C. The number of nitrogens with two attached hydrogens (primary N) is 1.